The second-order valence-electron chi connectivity index (χ2n) is 17.2. The van der Waals surface area contributed by atoms with Crippen LogP contribution in [0.2, 0.25) is 0 Å². The van der Waals surface area contributed by atoms with Gasteiger partial charge in [-0.1, -0.05) is 37.3 Å². The highest BCUT2D eigenvalue weighted by Gasteiger charge is 2.66. The number of thiazole rings is 1. The average molecular weight is 780 g/mol. The number of aliphatic carboxylic acids is 1. The quantitative estimate of drug-likeness (QED) is 0.0775. The fourth-order valence-corrected chi connectivity index (χ4v) is 11.8. The Bertz CT molecular complexity index is 2270. The third kappa shape index (κ3) is 7.35. The molecule has 1 aromatic carbocycles. The van der Waals surface area contributed by atoms with Gasteiger partial charge in [-0.2, -0.15) is 5.10 Å². The van der Waals surface area contributed by atoms with Gasteiger partial charge in [0, 0.05) is 43.5 Å². The molecule has 0 aliphatic heterocycles. The monoisotopic (exact) mass is 779 g/mol. The van der Waals surface area contributed by atoms with Gasteiger partial charge in [0.15, 0.2) is 22.5 Å². The number of anilines is 4. The Morgan fingerprint density at radius 1 is 0.929 bits per heavy atom. The van der Waals surface area contributed by atoms with Crippen LogP contribution in [0.25, 0.3) is 21.3 Å². The standard InChI is InChI=1S/C41H49N9O5S/c1-25-16-32(47-48-35(25)46-37-44-29-8-6-7-9-30(29)56-37)49(5)31-11-10-27(34(45-31)36(53)54)28-17-43-50(26(28)2)24-40-19-38(3)18-39(4,20-40)22-41(21-38,23-40)55-15-14-42-13-12-33(51)52/h6-11,16-17,42H,12-15,18-24H2,1-5H3,(H,51,52)(H,53,54)(H,44,46,48). The highest BCUT2D eigenvalue weighted by Crippen LogP contribution is 2.72. The van der Waals surface area contributed by atoms with Crippen LogP contribution in [-0.4, -0.2) is 84.4 Å². The lowest BCUT2D eigenvalue weighted by molar-refractivity contribution is -0.247. The van der Waals surface area contributed by atoms with Gasteiger partial charge in [-0.25, -0.2) is 14.8 Å². The van der Waals surface area contributed by atoms with Crippen LogP contribution >= 0.6 is 11.3 Å². The molecule has 15 heteroatoms. The number of para-hydroxylation sites is 1. The molecule has 4 bridgehead atoms. The molecule has 4 aliphatic rings. The lowest BCUT2D eigenvalue weighted by Gasteiger charge is -2.69. The van der Waals surface area contributed by atoms with E-state index in [1.165, 1.54) is 6.42 Å². The molecule has 4 fully saturated rings. The van der Waals surface area contributed by atoms with Gasteiger partial charge >= 0.3 is 11.9 Å². The number of ether oxygens (including phenoxy) is 1. The molecule has 0 saturated heterocycles. The first kappa shape index (κ1) is 37.9. The van der Waals surface area contributed by atoms with Crippen LogP contribution in [0.1, 0.15) is 80.5 Å². The summed E-state index contributed by atoms with van der Waals surface area (Å²) >= 11 is 1.54. The lowest BCUT2D eigenvalue weighted by atomic mass is 9.39. The molecular formula is C41H49N9O5S. The van der Waals surface area contributed by atoms with Crippen LogP contribution in [0.15, 0.2) is 48.7 Å². The minimum absolute atomic E-state index is 0.0118. The fraction of sp³-hybridized carbons (Fsp3) is 0.488. The molecule has 0 amide bonds. The number of pyridine rings is 1. The zero-order chi connectivity index (χ0) is 39.5. The van der Waals surface area contributed by atoms with Crippen LogP contribution in [0.4, 0.5) is 22.6 Å². The van der Waals surface area contributed by atoms with E-state index in [0.29, 0.717) is 42.7 Å². The summed E-state index contributed by atoms with van der Waals surface area (Å²) in [4.78, 5) is 34.7. The van der Waals surface area contributed by atoms with Crippen molar-refractivity contribution in [3.8, 4) is 11.1 Å². The Balaban J connectivity index is 0.996. The SMILES string of the molecule is Cc1cc(N(C)c2ccc(-c3cnn(CC45CC6(C)CC(C)(C4)CC(OCCNCCC(=O)O)(C6)C5)c3C)c(C(=O)O)n2)nnc1Nc1nc2ccccc2s1. The molecule has 4 aliphatic carbocycles. The minimum atomic E-state index is -1.13. The molecule has 294 valence electrons. The number of benzene rings is 1. The number of aromatic carboxylic acids is 1. The molecule has 2 unspecified atom stereocenters. The van der Waals surface area contributed by atoms with E-state index in [0.717, 1.165) is 70.8 Å². The normalized spacial score (nSPS) is 25.2. The Labute approximate surface area is 329 Å². The van der Waals surface area contributed by atoms with Crippen molar-refractivity contribution in [2.75, 3.05) is 37.0 Å². The smallest absolute Gasteiger partial charge is 0.355 e. The summed E-state index contributed by atoms with van der Waals surface area (Å²) in [6.07, 6.45) is 8.23. The van der Waals surface area contributed by atoms with E-state index in [4.69, 9.17) is 14.9 Å². The van der Waals surface area contributed by atoms with Crippen molar-refractivity contribution in [3.05, 3.63) is 65.6 Å². The van der Waals surface area contributed by atoms with E-state index in [2.05, 4.69) is 49.3 Å². The van der Waals surface area contributed by atoms with Gasteiger partial charge in [0.25, 0.3) is 0 Å². The van der Waals surface area contributed by atoms with Gasteiger partial charge in [-0.05, 0) is 105 Å². The Hall–Kier alpha value is -4.99. The molecule has 4 N–H and O–H groups in total. The van der Waals surface area contributed by atoms with E-state index in [9.17, 15) is 14.7 Å². The van der Waals surface area contributed by atoms with Gasteiger partial charge in [0.2, 0.25) is 0 Å². The van der Waals surface area contributed by atoms with E-state index in [1.807, 2.05) is 44.2 Å². The number of aromatic nitrogens is 6. The number of carboxylic acid groups (broad SMARTS) is 2. The van der Waals surface area contributed by atoms with E-state index in [1.54, 1.807) is 41.6 Å². The van der Waals surface area contributed by atoms with Crippen LogP contribution < -0.4 is 15.5 Å². The summed E-state index contributed by atoms with van der Waals surface area (Å²) in [6, 6.07) is 13.4. The van der Waals surface area contributed by atoms with Crippen LogP contribution in [0.5, 0.6) is 0 Å². The maximum Gasteiger partial charge on any atom is 0.355 e. The molecule has 2 atom stereocenters. The lowest BCUT2D eigenvalue weighted by Crippen LogP contribution is -2.64. The number of rotatable bonds is 15. The highest BCUT2D eigenvalue weighted by atomic mass is 32.1. The van der Waals surface area contributed by atoms with Crippen LogP contribution in [0.3, 0.4) is 0 Å². The summed E-state index contributed by atoms with van der Waals surface area (Å²) in [7, 11) is 1.79. The van der Waals surface area contributed by atoms with Crippen molar-refractivity contribution in [3.63, 3.8) is 0 Å². The number of aryl methyl sites for hydroxylation is 1. The molecular weight excluding hydrogens is 731 g/mol. The first-order valence-electron chi connectivity index (χ1n) is 19.2. The van der Waals surface area contributed by atoms with Crippen molar-refractivity contribution < 1.29 is 24.5 Å². The van der Waals surface area contributed by atoms with E-state index in [-0.39, 0.29) is 34.0 Å². The molecule has 4 saturated carbocycles. The second kappa shape index (κ2) is 14.2. The maximum absolute atomic E-state index is 12.7. The first-order chi connectivity index (χ1) is 26.7. The molecule has 56 heavy (non-hydrogen) atoms. The molecule has 0 spiro atoms. The zero-order valence-electron chi connectivity index (χ0n) is 32.6. The molecule has 9 rings (SSSR count). The van der Waals surface area contributed by atoms with Gasteiger partial charge in [0.05, 0.1) is 35.0 Å². The van der Waals surface area contributed by atoms with Gasteiger partial charge in [-0.15, -0.1) is 10.2 Å². The summed E-state index contributed by atoms with van der Waals surface area (Å²) in [5.41, 5.74) is 3.93. The molecule has 5 aromatic rings. The van der Waals surface area contributed by atoms with E-state index >= 15 is 0 Å². The van der Waals surface area contributed by atoms with Crippen molar-refractivity contribution in [2.24, 2.45) is 16.2 Å². The van der Waals surface area contributed by atoms with Crippen molar-refractivity contribution in [1.29, 1.82) is 0 Å². The van der Waals surface area contributed by atoms with Crippen LogP contribution in [0, 0.1) is 30.1 Å². The average Bonchev–Trinajstić information content (AvgIpc) is 3.70. The number of carboxylic acids is 2. The number of nitrogens with one attached hydrogen (secondary N) is 2. The maximum atomic E-state index is 12.7. The van der Waals surface area contributed by atoms with Crippen molar-refractivity contribution >= 4 is 56.1 Å². The first-order valence-corrected chi connectivity index (χ1v) is 20.0. The number of nitrogens with zero attached hydrogens (tertiary/aromatic N) is 7. The number of carbonyl (C=O) groups is 2. The molecule has 4 aromatic heterocycles. The number of hydrogen-bond acceptors (Lipinski definition) is 12. The highest BCUT2D eigenvalue weighted by molar-refractivity contribution is 7.22. The summed E-state index contributed by atoms with van der Waals surface area (Å²) < 4.78 is 9.90. The predicted octanol–water partition coefficient (Wildman–Crippen LogP) is 7.37. The van der Waals surface area contributed by atoms with Gasteiger partial charge in [-0.3, -0.25) is 9.48 Å². The molecule has 4 heterocycles. The largest absolute Gasteiger partial charge is 0.481 e. The summed E-state index contributed by atoms with van der Waals surface area (Å²) in [6.45, 7) is 11.1. The fourth-order valence-electron chi connectivity index (χ4n) is 10.9. The van der Waals surface area contributed by atoms with E-state index < -0.39 is 11.9 Å². The summed E-state index contributed by atoms with van der Waals surface area (Å²) in [5, 5.41) is 40.3. The third-order valence-corrected chi connectivity index (χ3v) is 12.9. The topological polar surface area (TPSA) is 181 Å². The van der Waals surface area contributed by atoms with Crippen molar-refractivity contribution in [1.82, 2.24) is 35.3 Å². The predicted molar refractivity (Wildman–Crippen MR) is 215 cm³/mol. The second-order valence-corrected chi connectivity index (χ2v) is 18.2. The molecule has 0 radical (unpaired) electrons. The van der Waals surface area contributed by atoms with Gasteiger partial charge in [0.1, 0.15) is 5.82 Å². The Morgan fingerprint density at radius 2 is 1.70 bits per heavy atom. The third-order valence-electron chi connectivity index (χ3n) is 12.0. The zero-order valence-corrected chi connectivity index (χ0v) is 33.4. The van der Waals surface area contributed by atoms with Crippen molar-refractivity contribution in [2.45, 2.75) is 84.8 Å². The summed E-state index contributed by atoms with van der Waals surface area (Å²) in [5.74, 6) is -0.400. The van der Waals surface area contributed by atoms with Crippen LogP contribution in [-0.2, 0) is 16.1 Å². The minimum Gasteiger partial charge on any atom is -0.481 e. The number of hydrogen-bond donors (Lipinski definition) is 4. The van der Waals surface area contributed by atoms with Gasteiger partial charge < -0.3 is 30.5 Å². The Morgan fingerprint density at radius 3 is 2.41 bits per heavy atom. The Kier molecular flexibility index (Phi) is 9.61. The molecule has 14 nitrogen and oxygen atoms in total. The number of fused-ring (bicyclic) bond motifs is 1.